The maximum Gasteiger partial charge on any atom is 0.263 e. The van der Waals surface area contributed by atoms with E-state index in [0.717, 1.165) is 30.0 Å². The number of ether oxygens (including phenoxy) is 1. The van der Waals surface area contributed by atoms with Crippen LogP contribution in [0.2, 0.25) is 0 Å². The molecule has 3 aromatic carbocycles. The average Bonchev–Trinajstić information content (AvgIpc) is 2.85. The minimum atomic E-state index is -0.509. The zero-order valence-electron chi connectivity index (χ0n) is 20.8. The third-order valence-corrected chi connectivity index (χ3v) is 6.66. The second-order valence-electron chi connectivity index (χ2n) is 9.54. The maximum absolute atomic E-state index is 13.3. The number of amides is 1. The molecule has 1 fully saturated rings. The molecule has 0 N–H and O–H groups in total. The molecule has 0 bridgehead atoms. The monoisotopic (exact) mass is 456 g/mol. The van der Waals surface area contributed by atoms with Crippen LogP contribution in [0.1, 0.15) is 55.0 Å². The zero-order chi connectivity index (χ0) is 24.1. The predicted octanol–water partition coefficient (Wildman–Crippen LogP) is 5.82. The Bertz CT molecular complexity index is 1030. The van der Waals surface area contributed by atoms with Gasteiger partial charge in [-0.05, 0) is 48.1 Å². The number of rotatable bonds is 7. The van der Waals surface area contributed by atoms with Gasteiger partial charge >= 0.3 is 0 Å². The van der Waals surface area contributed by atoms with E-state index in [9.17, 15) is 4.79 Å². The lowest BCUT2D eigenvalue weighted by atomic mass is 9.96. The molecule has 0 saturated carbocycles. The van der Waals surface area contributed by atoms with Gasteiger partial charge in [-0.2, -0.15) is 0 Å². The Morgan fingerprint density at radius 3 is 1.88 bits per heavy atom. The van der Waals surface area contributed by atoms with Crippen molar-refractivity contribution in [2.45, 2.75) is 45.8 Å². The molecule has 4 rings (SSSR count). The molecule has 0 radical (unpaired) electrons. The Morgan fingerprint density at radius 1 is 0.794 bits per heavy atom. The molecular formula is C30H36N2O2. The van der Waals surface area contributed by atoms with Crippen LogP contribution in [-0.2, 0) is 4.79 Å². The van der Waals surface area contributed by atoms with Gasteiger partial charge in [-0.15, -0.1) is 0 Å². The van der Waals surface area contributed by atoms with E-state index in [0.29, 0.717) is 19.0 Å². The Labute approximate surface area is 204 Å². The molecule has 0 spiro atoms. The summed E-state index contributed by atoms with van der Waals surface area (Å²) in [6.07, 6.45) is -0.509. The molecule has 178 valence electrons. The van der Waals surface area contributed by atoms with Crippen molar-refractivity contribution in [2.75, 3.05) is 26.2 Å². The number of nitrogens with zero attached hydrogens (tertiary/aromatic N) is 2. The first-order valence-electron chi connectivity index (χ1n) is 12.3. The summed E-state index contributed by atoms with van der Waals surface area (Å²) in [6.45, 7) is 11.3. The molecule has 0 unspecified atom stereocenters. The van der Waals surface area contributed by atoms with Crippen molar-refractivity contribution in [3.05, 3.63) is 101 Å². The van der Waals surface area contributed by atoms with Crippen LogP contribution in [-0.4, -0.2) is 48.0 Å². The van der Waals surface area contributed by atoms with Crippen LogP contribution >= 0.6 is 0 Å². The van der Waals surface area contributed by atoms with E-state index in [1.807, 2.05) is 17.9 Å². The van der Waals surface area contributed by atoms with Crippen molar-refractivity contribution >= 4 is 5.91 Å². The lowest BCUT2D eigenvalue weighted by Crippen LogP contribution is -2.52. The fourth-order valence-corrected chi connectivity index (χ4v) is 4.80. The summed E-state index contributed by atoms with van der Waals surface area (Å²) in [7, 11) is 0. The highest BCUT2D eigenvalue weighted by atomic mass is 16.5. The minimum Gasteiger partial charge on any atom is -0.481 e. The standard InChI is InChI=1S/C30H36N2O2/c1-22(2)27-16-15-23(3)21-28(27)34-24(4)30(33)32-19-17-31(18-20-32)29(25-11-7-5-8-12-25)26-13-9-6-10-14-26/h5-16,21-22,24,29H,17-20H2,1-4H3/t24-/m1/s1. The summed E-state index contributed by atoms with van der Waals surface area (Å²) in [5.41, 5.74) is 4.85. The minimum absolute atomic E-state index is 0.0619. The van der Waals surface area contributed by atoms with Crippen molar-refractivity contribution in [1.29, 1.82) is 0 Å². The van der Waals surface area contributed by atoms with Crippen molar-refractivity contribution in [3.63, 3.8) is 0 Å². The van der Waals surface area contributed by atoms with E-state index in [1.165, 1.54) is 11.1 Å². The molecule has 1 aliphatic rings. The van der Waals surface area contributed by atoms with E-state index in [4.69, 9.17) is 4.74 Å². The average molecular weight is 457 g/mol. The quantitative estimate of drug-likeness (QED) is 0.449. The molecule has 1 aliphatic heterocycles. The summed E-state index contributed by atoms with van der Waals surface area (Å²) in [4.78, 5) is 17.7. The fourth-order valence-electron chi connectivity index (χ4n) is 4.80. The Hall–Kier alpha value is -3.11. The number of piperazine rings is 1. The maximum atomic E-state index is 13.3. The first-order chi connectivity index (χ1) is 16.4. The number of benzene rings is 3. The van der Waals surface area contributed by atoms with Gasteiger partial charge in [-0.1, -0.05) is 86.6 Å². The Morgan fingerprint density at radius 2 is 1.35 bits per heavy atom. The van der Waals surface area contributed by atoms with Gasteiger partial charge in [-0.3, -0.25) is 9.69 Å². The second-order valence-corrected chi connectivity index (χ2v) is 9.54. The fraction of sp³-hybridized carbons (Fsp3) is 0.367. The van der Waals surface area contributed by atoms with Crippen molar-refractivity contribution in [1.82, 2.24) is 9.80 Å². The molecule has 3 aromatic rings. The number of hydrogen-bond acceptors (Lipinski definition) is 3. The first kappa shape index (κ1) is 24.0. The molecule has 1 atom stereocenters. The highest BCUT2D eigenvalue weighted by Crippen LogP contribution is 2.31. The van der Waals surface area contributed by atoms with Gasteiger partial charge in [0.05, 0.1) is 6.04 Å². The molecule has 0 aromatic heterocycles. The van der Waals surface area contributed by atoms with Crippen LogP contribution in [0, 0.1) is 6.92 Å². The third-order valence-electron chi connectivity index (χ3n) is 6.66. The van der Waals surface area contributed by atoms with Crippen molar-refractivity contribution < 1.29 is 9.53 Å². The van der Waals surface area contributed by atoms with Crippen LogP contribution < -0.4 is 4.74 Å². The van der Waals surface area contributed by atoms with Crippen LogP contribution in [0.15, 0.2) is 78.9 Å². The van der Waals surface area contributed by atoms with Gasteiger partial charge in [0.2, 0.25) is 0 Å². The smallest absolute Gasteiger partial charge is 0.263 e. The molecule has 1 heterocycles. The van der Waals surface area contributed by atoms with Gasteiger partial charge in [0.15, 0.2) is 6.10 Å². The largest absolute Gasteiger partial charge is 0.481 e. The highest BCUT2D eigenvalue weighted by Gasteiger charge is 2.30. The van der Waals surface area contributed by atoms with Gasteiger partial charge in [-0.25, -0.2) is 0 Å². The molecular weight excluding hydrogens is 420 g/mol. The van der Waals surface area contributed by atoms with Crippen LogP contribution in [0.25, 0.3) is 0 Å². The Kier molecular flexibility index (Phi) is 7.69. The lowest BCUT2D eigenvalue weighted by molar-refractivity contribution is -0.140. The number of carbonyl (C=O) groups excluding carboxylic acids is 1. The second kappa shape index (κ2) is 10.9. The van der Waals surface area contributed by atoms with Gasteiger partial charge in [0.1, 0.15) is 5.75 Å². The van der Waals surface area contributed by atoms with E-state index in [1.54, 1.807) is 0 Å². The topological polar surface area (TPSA) is 32.8 Å². The van der Waals surface area contributed by atoms with Gasteiger partial charge in [0.25, 0.3) is 5.91 Å². The third kappa shape index (κ3) is 5.51. The molecule has 1 saturated heterocycles. The van der Waals surface area contributed by atoms with E-state index in [-0.39, 0.29) is 11.9 Å². The SMILES string of the molecule is Cc1ccc(C(C)C)c(O[C@H](C)C(=O)N2CCN(C(c3ccccc3)c3ccccc3)CC2)c1. The van der Waals surface area contributed by atoms with Crippen LogP contribution in [0.3, 0.4) is 0 Å². The van der Waals surface area contributed by atoms with E-state index < -0.39 is 6.10 Å². The molecule has 0 aliphatic carbocycles. The summed E-state index contributed by atoms with van der Waals surface area (Å²) >= 11 is 0. The molecule has 4 heteroatoms. The van der Waals surface area contributed by atoms with Crippen molar-refractivity contribution in [3.8, 4) is 5.75 Å². The summed E-state index contributed by atoms with van der Waals surface area (Å²) in [5, 5.41) is 0. The van der Waals surface area contributed by atoms with Gasteiger partial charge < -0.3 is 9.64 Å². The highest BCUT2D eigenvalue weighted by molar-refractivity contribution is 5.81. The summed E-state index contributed by atoms with van der Waals surface area (Å²) in [6, 6.07) is 27.7. The Balaban J connectivity index is 1.44. The molecule has 1 amide bonds. The number of hydrogen-bond donors (Lipinski definition) is 0. The zero-order valence-corrected chi connectivity index (χ0v) is 20.8. The van der Waals surface area contributed by atoms with E-state index >= 15 is 0 Å². The van der Waals surface area contributed by atoms with Crippen LogP contribution in [0.4, 0.5) is 0 Å². The first-order valence-corrected chi connectivity index (χ1v) is 12.3. The van der Waals surface area contributed by atoms with Crippen molar-refractivity contribution in [2.24, 2.45) is 0 Å². The summed E-state index contributed by atoms with van der Waals surface area (Å²) in [5.74, 6) is 1.23. The normalized spacial score (nSPS) is 15.5. The van der Waals surface area contributed by atoms with Crippen LogP contribution in [0.5, 0.6) is 5.75 Å². The molecule has 34 heavy (non-hydrogen) atoms. The lowest BCUT2D eigenvalue weighted by Gasteiger charge is -2.40. The summed E-state index contributed by atoms with van der Waals surface area (Å²) < 4.78 is 6.21. The molecule has 4 nitrogen and oxygen atoms in total. The predicted molar refractivity (Wildman–Crippen MR) is 138 cm³/mol. The number of aryl methyl sites for hydroxylation is 1. The van der Waals surface area contributed by atoms with Gasteiger partial charge in [0, 0.05) is 26.2 Å². The van der Waals surface area contributed by atoms with E-state index in [2.05, 4.69) is 98.5 Å². The number of carbonyl (C=O) groups is 1.